The van der Waals surface area contributed by atoms with Crippen LogP contribution < -0.4 is 5.32 Å². The van der Waals surface area contributed by atoms with Gasteiger partial charge in [0.05, 0.1) is 6.33 Å². The van der Waals surface area contributed by atoms with Gasteiger partial charge < -0.3 is 14.4 Å². The zero-order chi connectivity index (χ0) is 17.1. The number of imidazole rings is 1. The molecule has 2 heterocycles. The molecule has 0 saturated carbocycles. The van der Waals surface area contributed by atoms with Crippen LogP contribution >= 0.6 is 0 Å². The molecule has 0 bridgehead atoms. The standard InChI is InChI=1S/C16H16FN5O2/c1-10(2)16-20-15(21-24-16)13-7-22(9-18-13)8-14(23)19-12-5-3-11(17)4-6-12/h3-7,9-10H,8H2,1-2H3,(H,19,23). The smallest absolute Gasteiger partial charge is 0.244 e. The summed E-state index contributed by atoms with van der Waals surface area (Å²) in [7, 11) is 0. The maximum Gasteiger partial charge on any atom is 0.244 e. The topological polar surface area (TPSA) is 85.8 Å². The maximum atomic E-state index is 12.8. The average Bonchev–Trinajstić information content (AvgIpc) is 3.18. The zero-order valence-electron chi connectivity index (χ0n) is 13.2. The lowest BCUT2D eigenvalue weighted by Crippen LogP contribution is -2.17. The van der Waals surface area contributed by atoms with Gasteiger partial charge in [0.2, 0.25) is 17.6 Å². The largest absolute Gasteiger partial charge is 0.339 e. The minimum Gasteiger partial charge on any atom is -0.339 e. The molecule has 0 fully saturated rings. The first-order valence-corrected chi connectivity index (χ1v) is 7.42. The van der Waals surface area contributed by atoms with E-state index in [1.165, 1.54) is 30.6 Å². The highest BCUT2D eigenvalue weighted by atomic mass is 19.1. The number of amides is 1. The van der Waals surface area contributed by atoms with E-state index >= 15 is 0 Å². The summed E-state index contributed by atoms with van der Waals surface area (Å²) in [6, 6.07) is 5.57. The zero-order valence-corrected chi connectivity index (χ0v) is 13.2. The summed E-state index contributed by atoms with van der Waals surface area (Å²) in [5, 5.41) is 6.56. The monoisotopic (exact) mass is 329 g/mol. The highest BCUT2D eigenvalue weighted by Crippen LogP contribution is 2.17. The summed E-state index contributed by atoms with van der Waals surface area (Å²) in [6.45, 7) is 3.98. The van der Waals surface area contributed by atoms with E-state index in [1.807, 2.05) is 13.8 Å². The number of hydrogen-bond donors (Lipinski definition) is 1. The van der Waals surface area contributed by atoms with Crippen molar-refractivity contribution in [3.8, 4) is 11.5 Å². The van der Waals surface area contributed by atoms with Gasteiger partial charge in [-0.15, -0.1) is 0 Å². The Morgan fingerprint density at radius 2 is 2.08 bits per heavy atom. The van der Waals surface area contributed by atoms with Crippen LogP contribution in [0.15, 0.2) is 41.3 Å². The van der Waals surface area contributed by atoms with Gasteiger partial charge in [-0.2, -0.15) is 4.98 Å². The summed E-state index contributed by atoms with van der Waals surface area (Å²) in [5.41, 5.74) is 1.06. The summed E-state index contributed by atoms with van der Waals surface area (Å²) in [6.07, 6.45) is 3.18. The molecule has 0 spiro atoms. The molecule has 1 aromatic carbocycles. The highest BCUT2D eigenvalue weighted by molar-refractivity contribution is 5.90. The summed E-state index contributed by atoms with van der Waals surface area (Å²) < 4.78 is 19.6. The van der Waals surface area contributed by atoms with Crippen LogP contribution in [0.2, 0.25) is 0 Å². The number of rotatable bonds is 5. The molecule has 0 aliphatic heterocycles. The summed E-state index contributed by atoms with van der Waals surface area (Å²) in [5.74, 6) is 0.453. The molecule has 0 radical (unpaired) electrons. The molecule has 0 aliphatic carbocycles. The Labute approximate surface area is 137 Å². The van der Waals surface area contributed by atoms with Crippen molar-refractivity contribution in [3.05, 3.63) is 48.5 Å². The van der Waals surface area contributed by atoms with E-state index in [-0.39, 0.29) is 24.2 Å². The fourth-order valence-electron chi connectivity index (χ4n) is 2.04. The molecule has 1 amide bonds. The fraction of sp³-hybridized carbons (Fsp3) is 0.250. The molecule has 3 rings (SSSR count). The van der Waals surface area contributed by atoms with Gasteiger partial charge in [0, 0.05) is 17.8 Å². The van der Waals surface area contributed by atoms with Crippen molar-refractivity contribution in [1.29, 1.82) is 0 Å². The second-order valence-electron chi connectivity index (χ2n) is 5.60. The third-order valence-corrected chi connectivity index (χ3v) is 3.25. The molecular weight excluding hydrogens is 313 g/mol. The van der Waals surface area contributed by atoms with E-state index in [4.69, 9.17) is 4.52 Å². The van der Waals surface area contributed by atoms with E-state index < -0.39 is 0 Å². The van der Waals surface area contributed by atoms with Gasteiger partial charge in [-0.25, -0.2) is 9.37 Å². The molecule has 3 aromatic rings. The molecule has 0 aliphatic rings. The van der Waals surface area contributed by atoms with Crippen LogP contribution in [0, 0.1) is 5.82 Å². The molecular formula is C16H16FN5O2. The van der Waals surface area contributed by atoms with Gasteiger partial charge in [0.15, 0.2) is 0 Å². The maximum absolute atomic E-state index is 12.8. The SMILES string of the molecule is CC(C)c1nc(-c2cn(CC(=O)Nc3ccc(F)cc3)cn2)no1. The summed E-state index contributed by atoms with van der Waals surface area (Å²) >= 11 is 0. The number of carbonyl (C=O) groups is 1. The van der Waals surface area contributed by atoms with E-state index in [9.17, 15) is 9.18 Å². The van der Waals surface area contributed by atoms with Gasteiger partial charge >= 0.3 is 0 Å². The van der Waals surface area contributed by atoms with Crippen molar-refractivity contribution in [1.82, 2.24) is 19.7 Å². The number of nitrogens with zero attached hydrogens (tertiary/aromatic N) is 4. The van der Waals surface area contributed by atoms with Crippen LogP contribution in [-0.2, 0) is 11.3 Å². The average molecular weight is 329 g/mol. The fourth-order valence-corrected chi connectivity index (χ4v) is 2.04. The minimum absolute atomic E-state index is 0.0687. The number of aromatic nitrogens is 4. The van der Waals surface area contributed by atoms with Crippen molar-refractivity contribution in [2.75, 3.05) is 5.32 Å². The first-order valence-electron chi connectivity index (χ1n) is 7.42. The van der Waals surface area contributed by atoms with Crippen molar-refractivity contribution in [2.45, 2.75) is 26.3 Å². The molecule has 2 aromatic heterocycles. The Hall–Kier alpha value is -3.03. The van der Waals surface area contributed by atoms with E-state index in [0.29, 0.717) is 23.1 Å². The van der Waals surface area contributed by atoms with Crippen LogP contribution in [-0.4, -0.2) is 25.6 Å². The van der Waals surface area contributed by atoms with Gasteiger partial charge in [-0.05, 0) is 24.3 Å². The van der Waals surface area contributed by atoms with Crippen LogP contribution in [0.5, 0.6) is 0 Å². The van der Waals surface area contributed by atoms with Gasteiger partial charge in [0.1, 0.15) is 18.1 Å². The molecule has 1 N–H and O–H groups in total. The third kappa shape index (κ3) is 3.65. The lowest BCUT2D eigenvalue weighted by Gasteiger charge is -2.05. The molecule has 0 unspecified atom stereocenters. The van der Waals surface area contributed by atoms with Gasteiger partial charge in [0.25, 0.3) is 0 Å². The molecule has 7 nitrogen and oxygen atoms in total. The lowest BCUT2D eigenvalue weighted by atomic mass is 10.2. The first-order chi connectivity index (χ1) is 11.5. The van der Waals surface area contributed by atoms with Crippen molar-refractivity contribution >= 4 is 11.6 Å². The molecule has 0 atom stereocenters. The van der Waals surface area contributed by atoms with Crippen molar-refractivity contribution < 1.29 is 13.7 Å². The molecule has 8 heteroatoms. The number of benzene rings is 1. The predicted octanol–water partition coefficient (Wildman–Crippen LogP) is 2.83. The van der Waals surface area contributed by atoms with Gasteiger partial charge in [-0.3, -0.25) is 4.79 Å². The van der Waals surface area contributed by atoms with Crippen LogP contribution in [0.4, 0.5) is 10.1 Å². The molecule has 0 saturated heterocycles. The van der Waals surface area contributed by atoms with Crippen LogP contribution in [0.25, 0.3) is 11.5 Å². The minimum atomic E-state index is -0.354. The van der Waals surface area contributed by atoms with Crippen LogP contribution in [0.1, 0.15) is 25.7 Å². The molecule has 24 heavy (non-hydrogen) atoms. The second-order valence-corrected chi connectivity index (χ2v) is 5.60. The van der Waals surface area contributed by atoms with Crippen LogP contribution in [0.3, 0.4) is 0 Å². The van der Waals surface area contributed by atoms with Crippen molar-refractivity contribution in [2.24, 2.45) is 0 Å². The Kier molecular flexibility index (Phi) is 4.37. The Morgan fingerprint density at radius 3 is 2.75 bits per heavy atom. The Morgan fingerprint density at radius 1 is 1.33 bits per heavy atom. The van der Waals surface area contributed by atoms with Gasteiger partial charge in [-0.1, -0.05) is 19.0 Å². The van der Waals surface area contributed by atoms with E-state index in [0.717, 1.165) is 0 Å². The number of nitrogens with one attached hydrogen (secondary N) is 1. The van der Waals surface area contributed by atoms with E-state index in [2.05, 4.69) is 20.4 Å². The first kappa shape index (κ1) is 15.9. The Bertz CT molecular complexity index is 838. The lowest BCUT2D eigenvalue weighted by molar-refractivity contribution is -0.116. The summed E-state index contributed by atoms with van der Waals surface area (Å²) in [4.78, 5) is 20.4. The number of halogens is 1. The predicted molar refractivity (Wildman–Crippen MR) is 84.6 cm³/mol. The second kappa shape index (κ2) is 6.61. The van der Waals surface area contributed by atoms with E-state index in [1.54, 1.807) is 10.8 Å². The third-order valence-electron chi connectivity index (χ3n) is 3.25. The highest BCUT2D eigenvalue weighted by Gasteiger charge is 2.14. The number of carbonyl (C=O) groups excluding carboxylic acids is 1. The number of anilines is 1. The number of hydrogen-bond acceptors (Lipinski definition) is 5. The van der Waals surface area contributed by atoms with Crippen molar-refractivity contribution in [3.63, 3.8) is 0 Å². The quantitative estimate of drug-likeness (QED) is 0.778. The normalized spacial score (nSPS) is 11.0. The molecule has 124 valence electrons. The Balaban J connectivity index is 1.64.